The van der Waals surface area contributed by atoms with Crippen LogP contribution in [-0.2, 0) is 0 Å². The molecule has 0 aliphatic rings. The maximum atomic E-state index is 4.58. The molecule has 0 aliphatic carbocycles. The zero-order valence-electron chi connectivity index (χ0n) is 12.8. The number of nitrogens with zero attached hydrogens (tertiary/aromatic N) is 3. The van der Waals surface area contributed by atoms with E-state index in [0.717, 1.165) is 22.6 Å². The quantitative estimate of drug-likeness (QED) is 0.857. The van der Waals surface area contributed by atoms with Gasteiger partial charge in [0.25, 0.3) is 0 Å². The number of thiophene rings is 1. The highest BCUT2D eigenvalue weighted by molar-refractivity contribution is 7.16. The second-order valence-electron chi connectivity index (χ2n) is 5.54. The minimum Gasteiger partial charge on any atom is -0.365 e. The highest BCUT2D eigenvalue weighted by atomic mass is 32.1. The first-order valence-corrected chi connectivity index (χ1v) is 7.73. The Balaban J connectivity index is 2.32. The maximum Gasteiger partial charge on any atom is 0.225 e. The lowest BCUT2D eigenvalue weighted by atomic mass is 10.0. The number of likely N-dealkylation sites (N-methyl/N-ethyl adjacent to an activating group) is 1. The first kappa shape index (κ1) is 15.0. The molecule has 0 aliphatic heterocycles. The SMILES string of the molecule is CNc1nc(NC(CN(C)C)C(C)C)c2ccsc2n1. The van der Waals surface area contributed by atoms with Gasteiger partial charge in [0, 0.05) is 19.6 Å². The van der Waals surface area contributed by atoms with Gasteiger partial charge >= 0.3 is 0 Å². The Kier molecular flexibility index (Phi) is 4.77. The smallest absolute Gasteiger partial charge is 0.225 e. The van der Waals surface area contributed by atoms with Gasteiger partial charge in [-0.15, -0.1) is 11.3 Å². The Bertz CT molecular complexity index is 564. The van der Waals surface area contributed by atoms with Gasteiger partial charge in [-0.1, -0.05) is 13.8 Å². The number of fused-ring (bicyclic) bond motifs is 1. The Morgan fingerprint density at radius 2 is 2.05 bits per heavy atom. The zero-order valence-corrected chi connectivity index (χ0v) is 13.6. The van der Waals surface area contributed by atoms with Crippen LogP contribution in [-0.4, -0.2) is 48.6 Å². The molecule has 6 heteroatoms. The fourth-order valence-corrected chi connectivity index (χ4v) is 2.83. The highest BCUT2D eigenvalue weighted by Crippen LogP contribution is 2.27. The van der Waals surface area contributed by atoms with Crippen molar-refractivity contribution in [2.75, 3.05) is 38.3 Å². The van der Waals surface area contributed by atoms with E-state index in [0.29, 0.717) is 17.9 Å². The summed E-state index contributed by atoms with van der Waals surface area (Å²) >= 11 is 1.64. The van der Waals surface area contributed by atoms with Gasteiger partial charge < -0.3 is 15.5 Å². The molecule has 2 heterocycles. The normalized spacial score (nSPS) is 13.2. The van der Waals surface area contributed by atoms with E-state index in [1.54, 1.807) is 11.3 Å². The third-order valence-corrected chi connectivity index (χ3v) is 4.04. The van der Waals surface area contributed by atoms with E-state index in [2.05, 4.69) is 64.9 Å². The number of rotatable bonds is 6. The van der Waals surface area contributed by atoms with Gasteiger partial charge in [-0.05, 0) is 31.5 Å². The van der Waals surface area contributed by atoms with Gasteiger partial charge in [0.15, 0.2) is 0 Å². The van der Waals surface area contributed by atoms with E-state index >= 15 is 0 Å². The van der Waals surface area contributed by atoms with Gasteiger partial charge in [0.2, 0.25) is 5.95 Å². The Morgan fingerprint density at radius 1 is 1.30 bits per heavy atom. The standard InChI is InChI=1S/C14H23N5S/c1-9(2)11(8-19(4)5)16-12-10-6-7-20-13(10)18-14(15-3)17-12/h6-7,9,11H,8H2,1-5H3,(H2,15,16,17,18). The molecule has 0 saturated carbocycles. The summed E-state index contributed by atoms with van der Waals surface area (Å²) in [7, 11) is 6.03. The Labute approximate surface area is 124 Å². The summed E-state index contributed by atoms with van der Waals surface area (Å²) in [6, 6.07) is 2.43. The van der Waals surface area contributed by atoms with Crippen molar-refractivity contribution in [1.82, 2.24) is 14.9 Å². The van der Waals surface area contributed by atoms with E-state index in [1.165, 1.54) is 0 Å². The van der Waals surface area contributed by atoms with Crippen LogP contribution in [0.3, 0.4) is 0 Å². The van der Waals surface area contributed by atoms with Crippen LogP contribution in [0.25, 0.3) is 10.2 Å². The molecule has 0 spiro atoms. The van der Waals surface area contributed by atoms with Crippen molar-refractivity contribution in [3.63, 3.8) is 0 Å². The van der Waals surface area contributed by atoms with Crippen LogP contribution in [0.5, 0.6) is 0 Å². The van der Waals surface area contributed by atoms with Crippen molar-refractivity contribution in [3.05, 3.63) is 11.4 Å². The molecule has 2 N–H and O–H groups in total. The monoisotopic (exact) mass is 293 g/mol. The van der Waals surface area contributed by atoms with Crippen molar-refractivity contribution in [1.29, 1.82) is 0 Å². The van der Waals surface area contributed by atoms with Crippen LogP contribution < -0.4 is 10.6 Å². The molecule has 2 aromatic rings. The molecule has 0 aromatic carbocycles. The van der Waals surface area contributed by atoms with E-state index in [1.807, 2.05) is 7.05 Å². The summed E-state index contributed by atoms with van der Waals surface area (Å²) in [5.74, 6) is 2.11. The van der Waals surface area contributed by atoms with Gasteiger partial charge in [0.05, 0.1) is 5.39 Å². The third-order valence-electron chi connectivity index (χ3n) is 3.24. The van der Waals surface area contributed by atoms with E-state index in [9.17, 15) is 0 Å². The summed E-state index contributed by atoms with van der Waals surface area (Å²) in [6.07, 6.45) is 0. The minimum atomic E-state index is 0.354. The van der Waals surface area contributed by atoms with E-state index < -0.39 is 0 Å². The lowest BCUT2D eigenvalue weighted by Crippen LogP contribution is -2.36. The third kappa shape index (κ3) is 3.37. The molecular weight excluding hydrogens is 270 g/mol. The first-order valence-electron chi connectivity index (χ1n) is 6.85. The van der Waals surface area contributed by atoms with Crippen LogP contribution in [0.2, 0.25) is 0 Å². The van der Waals surface area contributed by atoms with Crippen LogP contribution in [0, 0.1) is 5.92 Å². The minimum absolute atomic E-state index is 0.354. The number of hydrogen-bond donors (Lipinski definition) is 2. The van der Waals surface area contributed by atoms with Crippen molar-refractivity contribution in [3.8, 4) is 0 Å². The predicted octanol–water partition coefficient (Wildman–Crippen LogP) is 2.73. The van der Waals surface area contributed by atoms with Crippen LogP contribution >= 0.6 is 11.3 Å². The van der Waals surface area contributed by atoms with Crippen LogP contribution in [0.15, 0.2) is 11.4 Å². The maximum absolute atomic E-state index is 4.58. The largest absolute Gasteiger partial charge is 0.365 e. The van der Waals surface area contributed by atoms with Gasteiger partial charge in [-0.2, -0.15) is 4.98 Å². The fourth-order valence-electron chi connectivity index (χ4n) is 2.07. The van der Waals surface area contributed by atoms with Crippen molar-refractivity contribution >= 4 is 33.3 Å². The Morgan fingerprint density at radius 3 is 2.65 bits per heavy atom. The molecule has 5 nitrogen and oxygen atoms in total. The fraction of sp³-hybridized carbons (Fsp3) is 0.571. The Hall–Kier alpha value is -1.40. The van der Waals surface area contributed by atoms with Gasteiger partial charge in [-0.3, -0.25) is 0 Å². The lowest BCUT2D eigenvalue weighted by Gasteiger charge is -2.26. The molecule has 110 valence electrons. The summed E-state index contributed by atoms with van der Waals surface area (Å²) in [5.41, 5.74) is 0. The summed E-state index contributed by atoms with van der Waals surface area (Å²) in [4.78, 5) is 12.3. The molecule has 0 fully saturated rings. The number of nitrogens with one attached hydrogen (secondary N) is 2. The van der Waals surface area contributed by atoms with Crippen molar-refractivity contribution in [2.45, 2.75) is 19.9 Å². The number of hydrogen-bond acceptors (Lipinski definition) is 6. The van der Waals surface area contributed by atoms with Gasteiger partial charge in [-0.25, -0.2) is 4.98 Å². The lowest BCUT2D eigenvalue weighted by molar-refractivity contribution is 0.344. The molecule has 0 amide bonds. The topological polar surface area (TPSA) is 53.1 Å². The summed E-state index contributed by atoms with van der Waals surface area (Å²) in [6.45, 7) is 5.43. The van der Waals surface area contributed by atoms with Crippen molar-refractivity contribution < 1.29 is 0 Å². The molecule has 0 bridgehead atoms. The molecule has 0 radical (unpaired) electrons. The molecule has 1 atom stereocenters. The van der Waals surface area contributed by atoms with E-state index in [4.69, 9.17) is 0 Å². The molecule has 1 unspecified atom stereocenters. The van der Waals surface area contributed by atoms with Crippen LogP contribution in [0.4, 0.5) is 11.8 Å². The predicted molar refractivity (Wildman–Crippen MR) is 87.8 cm³/mol. The van der Waals surface area contributed by atoms with Gasteiger partial charge in [0.1, 0.15) is 10.6 Å². The zero-order chi connectivity index (χ0) is 14.7. The molecule has 2 aromatic heterocycles. The average molecular weight is 293 g/mol. The second kappa shape index (κ2) is 6.37. The second-order valence-corrected chi connectivity index (χ2v) is 6.44. The number of aromatic nitrogens is 2. The molecular formula is C14H23N5S. The number of anilines is 2. The first-order chi connectivity index (χ1) is 9.51. The summed E-state index contributed by atoms with van der Waals surface area (Å²) < 4.78 is 0. The average Bonchev–Trinajstić information content (AvgIpc) is 2.85. The molecule has 0 saturated heterocycles. The van der Waals surface area contributed by atoms with Crippen LogP contribution in [0.1, 0.15) is 13.8 Å². The van der Waals surface area contributed by atoms with Crippen molar-refractivity contribution in [2.24, 2.45) is 5.92 Å². The summed E-state index contributed by atoms with van der Waals surface area (Å²) in [5, 5.41) is 9.77. The van der Waals surface area contributed by atoms with E-state index in [-0.39, 0.29) is 0 Å². The highest BCUT2D eigenvalue weighted by Gasteiger charge is 2.17. The molecule has 2 rings (SSSR count). The molecule has 20 heavy (non-hydrogen) atoms.